The highest BCUT2D eigenvalue weighted by atomic mass is 35.5. The van der Waals surface area contributed by atoms with Crippen LogP contribution in [-0.4, -0.2) is 35.8 Å². The first-order chi connectivity index (χ1) is 13.8. The normalized spacial score (nSPS) is 13.5. The van der Waals surface area contributed by atoms with Crippen LogP contribution in [0.2, 0.25) is 5.02 Å². The van der Waals surface area contributed by atoms with Gasteiger partial charge < -0.3 is 5.32 Å². The highest BCUT2D eigenvalue weighted by Gasteiger charge is 2.28. The number of carbonyl (C=O) groups excluding carboxylic acids is 2. The molecule has 0 saturated heterocycles. The van der Waals surface area contributed by atoms with E-state index in [0.717, 1.165) is 42.5 Å². The zero-order valence-electron chi connectivity index (χ0n) is 16.1. The quantitative estimate of drug-likeness (QED) is 0.418. The molecule has 0 bridgehead atoms. The molecule has 1 aromatic heterocycles. The molecule has 0 radical (unpaired) electrons. The van der Waals surface area contributed by atoms with Crippen molar-refractivity contribution < 1.29 is 14.5 Å². The molecule has 2 aromatic rings. The molecular formula is C19H21ClN4O4S. The lowest BCUT2D eigenvalue weighted by atomic mass is 10.0. The minimum atomic E-state index is -0.672. The molecule has 0 fully saturated rings. The van der Waals surface area contributed by atoms with Gasteiger partial charge in [0, 0.05) is 30.1 Å². The van der Waals surface area contributed by atoms with Crippen molar-refractivity contribution in [2.45, 2.75) is 32.1 Å². The average Bonchev–Trinajstić information content (AvgIpc) is 2.81. The van der Waals surface area contributed by atoms with Crippen molar-refractivity contribution in [1.29, 1.82) is 0 Å². The number of nitrogens with zero attached hydrogens (tertiary/aromatic N) is 2. The number of amides is 2. The van der Waals surface area contributed by atoms with E-state index in [0.29, 0.717) is 10.6 Å². The third kappa shape index (κ3) is 4.75. The molecule has 8 nitrogen and oxygen atoms in total. The van der Waals surface area contributed by atoms with Crippen LogP contribution in [0.1, 0.15) is 50.4 Å². The number of hydrogen-bond donors (Lipinski definition) is 2. The molecule has 3 rings (SSSR count). The molecule has 0 spiro atoms. The number of thiophene rings is 1. The smallest absolute Gasteiger partial charge is 0.282 e. The van der Waals surface area contributed by atoms with E-state index in [-0.39, 0.29) is 22.2 Å². The van der Waals surface area contributed by atoms with Crippen molar-refractivity contribution in [1.82, 2.24) is 10.4 Å². The number of nitro groups is 1. The molecule has 1 aromatic carbocycles. The molecule has 29 heavy (non-hydrogen) atoms. The number of rotatable bonds is 5. The van der Waals surface area contributed by atoms with E-state index in [1.807, 2.05) is 0 Å². The van der Waals surface area contributed by atoms with Gasteiger partial charge >= 0.3 is 0 Å². The lowest BCUT2D eigenvalue weighted by molar-refractivity contribution is -0.385. The number of nitrogens with one attached hydrogen (secondary N) is 2. The van der Waals surface area contributed by atoms with Gasteiger partial charge in [-0.3, -0.25) is 25.1 Å². The average molecular weight is 437 g/mol. The van der Waals surface area contributed by atoms with Crippen molar-refractivity contribution >= 4 is 45.4 Å². The number of halogens is 1. The van der Waals surface area contributed by atoms with Gasteiger partial charge in [-0.2, -0.15) is 0 Å². The van der Waals surface area contributed by atoms with E-state index in [1.54, 1.807) is 14.1 Å². The lowest BCUT2D eigenvalue weighted by Gasteiger charge is -2.14. The summed E-state index contributed by atoms with van der Waals surface area (Å²) in [6, 6.07) is 3.81. The van der Waals surface area contributed by atoms with Gasteiger partial charge in [-0.05, 0) is 43.4 Å². The Hall–Kier alpha value is -2.49. The summed E-state index contributed by atoms with van der Waals surface area (Å²) in [4.78, 5) is 37.4. The molecule has 0 unspecified atom stereocenters. The molecule has 1 heterocycles. The van der Waals surface area contributed by atoms with Gasteiger partial charge in [-0.25, -0.2) is 5.01 Å². The minimum Gasteiger partial charge on any atom is -0.313 e. The molecule has 2 N–H and O–H groups in total. The number of aryl methyl sites for hydroxylation is 1. The van der Waals surface area contributed by atoms with Gasteiger partial charge in [0.1, 0.15) is 10.6 Å². The molecule has 2 amide bonds. The first-order valence-electron chi connectivity index (χ1n) is 9.16. The van der Waals surface area contributed by atoms with Crippen LogP contribution in [0.3, 0.4) is 0 Å². The molecule has 154 valence electrons. The summed E-state index contributed by atoms with van der Waals surface area (Å²) in [5.41, 5.74) is 3.61. The predicted octanol–water partition coefficient (Wildman–Crippen LogP) is 4.04. The molecule has 0 saturated carbocycles. The van der Waals surface area contributed by atoms with Gasteiger partial charge in [0.25, 0.3) is 17.5 Å². The largest absolute Gasteiger partial charge is 0.313 e. The van der Waals surface area contributed by atoms with Gasteiger partial charge in [0.15, 0.2) is 0 Å². The van der Waals surface area contributed by atoms with Crippen LogP contribution in [0.5, 0.6) is 0 Å². The van der Waals surface area contributed by atoms with Crippen LogP contribution in [0.4, 0.5) is 10.7 Å². The van der Waals surface area contributed by atoms with Crippen molar-refractivity contribution in [3.05, 3.63) is 54.9 Å². The van der Waals surface area contributed by atoms with Gasteiger partial charge in [0.2, 0.25) is 0 Å². The van der Waals surface area contributed by atoms with E-state index in [9.17, 15) is 19.7 Å². The maximum Gasteiger partial charge on any atom is 0.282 e. The SMILES string of the molecule is CN(C)NC(=O)c1c(NC(=O)c2cc(Cl)ccc2[N+](=O)[O-])sc2c1CCCCC2. The molecule has 0 atom stereocenters. The van der Waals surface area contributed by atoms with Crippen LogP contribution in [-0.2, 0) is 12.8 Å². The number of fused-ring (bicyclic) bond motifs is 1. The van der Waals surface area contributed by atoms with Crippen LogP contribution in [0, 0.1) is 10.1 Å². The van der Waals surface area contributed by atoms with E-state index in [2.05, 4.69) is 10.7 Å². The Morgan fingerprint density at radius 1 is 1.17 bits per heavy atom. The fraction of sp³-hybridized carbons (Fsp3) is 0.368. The summed E-state index contributed by atoms with van der Waals surface area (Å²) in [6.45, 7) is 0. The molecule has 1 aliphatic rings. The van der Waals surface area contributed by atoms with Crippen molar-refractivity contribution in [3.8, 4) is 0 Å². The summed E-state index contributed by atoms with van der Waals surface area (Å²) in [7, 11) is 3.41. The zero-order chi connectivity index (χ0) is 21.1. The van der Waals surface area contributed by atoms with Crippen LogP contribution < -0.4 is 10.7 Å². The topological polar surface area (TPSA) is 105 Å². The highest BCUT2D eigenvalue weighted by molar-refractivity contribution is 7.17. The second kappa shape index (κ2) is 8.89. The monoisotopic (exact) mass is 436 g/mol. The Morgan fingerprint density at radius 3 is 2.59 bits per heavy atom. The van der Waals surface area contributed by atoms with Gasteiger partial charge in [-0.1, -0.05) is 18.0 Å². The van der Waals surface area contributed by atoms with E-state index < -0.39 is 10.8 Å². The zero-order valence-corrected chi connectivity index (χ0v) is 17.7. The standard InChI is InChI=1S/C19H21ClN4O4S/c1-23(2)22-18(26)16-12-6-4-3-5-7-15(12)29-19(16)21-17(25)13-10-11(20)8-9-14(13)24(27)28/h8-10H,3-7H2,1-2H3,(H,21,25)(H,22,26). The lowest BCUT2D eigenvalue weighted by Crippen LogP contribution is -2.36. The number of hydrazine groups is 1. The van der Waals surface area contributed by atoms with Crippen LogP contribution >= 0.6 is 22.9 Å². The second-order valence-electron chi connectivity index (χ2n) is 6.98. The van der Waals surface area contributed by atoms with E-state index >= 15 is 0 Å². The fourth-order valence-electron chi connectivity index (χ4n) is 3.35. The first-order valence-corrected chi connectivity index (χ1v) is 10.4. The third-order valence-corrected chi connectivity index (χ3v) is 6.04. The molecule has 0 aliphatic heterocycles. The number of hydrogen-bond acceptors (Lipinski definition) is 6. The number of benzene rings is 1. The summed E-state index contributed by atoms with van der Waals surface area (Å²) in [5.74, 6) is -0.986. The second-order valence-corrected chi connectivity index (χ2v) is 8.52. The summed E-state index contributed by atoms with van der Waals surface area (Å²) in [6.07, 6.45) is 4.69. The van der Waals surface area contributed by atoms with Crippen molar-refractivity contribution in [2.75, 3.05) is 19.4 Å². The Labute approximate surface area is 177 Å². The van der Waals surface area contributed by atoms with Gasteiger partial charge in [-0.15, -0.1) is 11.3 Å². The summed E-state index contributed by atoms with van der Waals surface area (Å²) >= 11 is 7.30. The maximum absolute atomic E-state index is 12.9. The number of anilines is 1. The fourth-order valence-corrected chi connectivity index (χ4v) is 4.80. The summed E-state index contributed by atoms with van der Waals surface area (Å²) < 4.78 is 0. The van der Waals surface area contributed by atoms with E-state index in [1.165, 1.54) is 34.5 Å². The minimum absolute atomic E-state index is 0.148. The first kappa shape index (κ1) is 21.2. The van der Waals surface area contributed by atoms with Gasteiger partial charge in [0.05, 0.1) is 10.5 Å². The van der Waals surface area contributed by atoms with Crippen LogP contribution in [0.15, 0.2) is 18.2 Å². The van der Waals surface area contributed by atoms with Crippen molar-refractivity contribution in [2.24, 2.45) is 0 Å². The third-order valence-electron chi connectivity index (χ3n) is 4.60. The van der Waals surface area contributed by atoms with E-state index in [4.69, 9.17) is 11.6 Å². The highest BCUT2D eigenvalue weighted by Crippen LogP contribution is 2.38. The Bertz CT molecular complexity index is 973. The maximum atomic E-state index is 12.9. The Balaban J connectivity index is 2.01. The Kier molecular flexibility index (Phi) is 6.51. The van der Waals surface area contributed by atoms with Crippen molar-refractivity contribution in [3.63, 3.8) is 0 Å². The predicted molar refractivity (Wildman–Crippen MR) is 113 cm³/mol. The summed E-state index contributed by atoms with van der Waals surface area (Å²) in [5, 5.41) is 16.2. The number of nitro benzene ring substituents is 1. The molecule has 1 aliphatic carbocycles. The Morgan fingerprint density at radius 2 is 1.90 bits per heavy atom. The molecular weight excluding hydrogens is 416 g/mol. The number of carbonyl (C=O) groups is 2. The molecule has 10 heteroatoms. The van der Waals surface area contributed by atoms with Crippen LogP contribution in [0.25, 0.3) is 0 Å².